The van der Waals surface area contributed by atoms with Crippen molar-refractivity contribution in [1.29, 1.82) is 0 Å². The Labute approximate surface area is 220 Å². The summed E-state index contributed by atoms with van der Waals surface area (Å²) in [4.78, 5) is 33.1. The number of carbonyl (C=O) groups is 2. The number of rotatable bonds is 8. The molecule has 3 aromatic rings. The van der Waals surface area contributed by atoms with Crippen LogP contribution >= 0.6 is 0 Å². The van der Waals surface area contributed by atoms with Gasteiger partial charge in [-0.25, -0.2) is 0 Å². The summed E-state index contributed by atoms with van der Waals surface area (Å²) in [5.74, 6) is -0.0201. The van der Waals surface area contributed by atoms with E-state index in [0.29, 0.717) is 18.7 Å². The zero-order valence-electron chi connectivity index (χ0n) is 22.0. The van der Waals surface area contributed by atoms with Gasteiger partial charge in [-0.1, -0.05) is 35.9 Å². The lowest BCUT2D eigenvalue weighted by molar-refractivity contribution is -0.114. The van der Waals surface area contributed by atoms with Gasteiger partial charge < -0.3 is 10.2 Å². The number of likely N-dealkylation sites (tertiary alicyclic amines) is 1. The second-order valence-corrected chi connectivity index (χ2v) is 9.39. The monoisotopic (exact) mass is 496 g/mol. The van der Waals surface area contributed by atoms with Crippen LogP contribution in [0.25, 0.3) is 5.57 Å². The van der Waals surface area contributed by atoms with E-state index >= 15 is 0 Å². The van der Waals surface area contributed by atoms with E-state index in [1.165, 1.54) is 18.1 Å². The molecule has 0 saturated carbocycles. The SMILES string of the molecule is CCN(CC)C(=O)c1ccc(C(=C2CCN(Cc3ccccn3)CC2)c2ccc(NC(C)=O)cc2)cc1. The zero-order valence-corrected chi connectivity index (χ0v) is 22.0. The molecule has 192 valence electrons. The van der Waals surface area contributed by atoms with Gasteiger partial charge >= 0.3 is 0 Å². The molecule has 0 unspecified atom stereocenters. The molecule has 1 N–H and O–H groups in total. The lowest BCUT2D eigenvalue weighted by atomic mass is 9.88. The van der Waals surface area contributed by atoms with E-state index in [0.717, 1.165) is 55.0 Å². The molecule has 1 saturated heterocycles. The summed E-state index contributed by atoms with van der Waals surface area (Å²) in [6.45, 7) is 9.71. The maximum atomic E-state index is 12.8. The molecule has 4 rings (SSSR count). The van der Waals surface area contributed by atoms with Crippen molar-refractivity contribution in [2.45, 2.75) is 40.2 Å². The number of anilines is 1. The minimum absolute atomic E-state index is 0.0632. The van der Waals surface area contributed by atoms with E-state index in [1.54, 1.807) is 0 Å². The fraction of sp³-hybridized carbons (Fsp3) is 0.323. The van der Waals surface area contributed by atoms with E-state index in [2.05, 4.69) is 45.5 Å². The number of carbonyl (C=O) groups excluding carboxylic acids is 2. The van der Waals surface area contributed by atoms with Gasteiger partial charge in [0.15, 0.2) is 0 Å². The van der Waals surface area contributed by atoms with Gasteiger partial charge in [0.05, 0.1) is 5.69 Å². The third-order valence-corrected chi connectivity index (χ3v) is 6.89. The van der Waals surface area contributed by atoms with Crippen molar-refractivity contribution in [1.82, 2.24) is 14.8 Å². The first-order chi connectivity index (χ1) is 18.0. The molecule has 0 radical (unpaired) electrons. The highest BCUT2D eigenvalue weighted by Gasteiger charge is 2.20. The molecule has 2 heterocycles. The third kappa shape index (κ3) is 6.71. The Kier molecular flexibility index (Phi) is 8.86. The number of hydrogen-bond donors (Lipinski definition) is 1. The molecule has 6 heteroatoms. The predicted molar refractivity (Wildman–Crippen MR) is 149 cm³/mol. The predicted octanol–water partition coefficient (Wildman–Crippen LogP) is 5.62. The number of benzene rings is 2. The van der Waals surface area contributed by atoms with Crippen molar-refractivity contribution >= 4 is 23.1 Å². The van der Waals surface area contributed by atoms with Crippen molar-refractivity contribution in [3.63, 3.8) is 0 Å². The number of piperidine rings is 1. The Hall–Kier alpha value is -3.77. The summed E-state index contributed by atoms with van der Waals surface area (Å²) in [5, 5.41) is 2.85. The molecule has 2 aromatic carbocycles. The fourth-order valence-corrected chi connectivity index (χ4v) is 4.92. The van der Waals surface area contributed by atoms with Gasteiger partial charge in [0.1, 0.15) is 0 Å². The Bertz CT molecular complexity index is 1220. The molecule has 0 atom stereocenters. The van der Waals surface area contributed by atoms with Crippen LogP contribution in [0.15, 0.2) is 78.5 Å². The van der Waals surface area contributed by atoms with Crippen molar-refractivity contribution in [2.75, 3.05) is 31.5 Å². The first-order valence-electron chi connectivity index (χ1n) is 13.1. The molecular weight excluding hydrogens is 460 g/mol. The minimum Gasteiger partial charge on any atom is -0.339 e. The molecule has 1 aromatic heterocycles. The topological polar surface area (TPSA) is 65.5 Å². The summed E-state index contributed by atoms with van der Waals surface area (Å²) < 4.78 is 0. The summed E-state index contributed by atoms with van der Waals surface area (Å²) in [6.07, 6.45) is 3.79. The number of aromatic nitrogens is 1. The molecule has 0 bridgehead atoms. The van der Waals surface area contributed by atoms with E-state index in [1.807, 2.05) is 61.3 Å². The summed E-state index contributed by atoms with van der Waals surface area (Å²) >= 11 is 0. The Morgan fingerprint density at radius 2 is 1.46 bits per heavy atom. The van der Waals surface area contributed by atoms with Crippen molar-refractivity contribution in [2.24, 2.45) is 0 Å². The van der Waals surface area contributed by atoms with Crippen LogP contribution < -0.4 is 5.32 Å². The van der Waals surface area contributed by atoms with Crippen LogP contribution in [0, 0.1) is 0 Å². The van der Waals surface area contributed by atoms with Crippen LogP contribution in [0.4, 0.5) is 5.69 Å². The van der Waals surface area contributed by atoms with Crippen LogP contribution in [0.3, 0.4) is 0 Å². The van der Waals surface area contributed by atoms with Crippen molar-refractivity contribution in [3.8, 4) is 0 Å². The van der Waals surface area contributed by atoms with Crippen LogP contribution in [0.2, 0.25) is 0 Å². The molecule has 1 aliphatic heterocycles. The number of nitrogens with zero attached hydrogens (tertiary/aromatic N) is 3. The Morgan fingerprint density at radius 1 is 0.865 bits per heavy atom. The van der Waals surface area contributed by atoms with Crippen LogP contribution in [0.5, 0.6) is 0 Å². The number of nitrogens with one attached hydrogen (secondary N) is 1. The molecule has 2 amide bonds. The standard InChI is InChI=1S/C31H36N4O2/c1-4-35(5-2)31(37)27-11-9-24(10-12-27)30(25-13-15-28(16-14-25)33-23(3)36)26-17-20-34(21-18-26)22-29-8-6-7-19-32-29/h6-16,19H,4-5,17-18,20-22H2,1-3H3,(H,33,36). The van der Waals surface area contributed by atoms with Gasteiger partial charge in [-0.3, -0.25) is 19.5 Å². The lowest BCUT2D eigenvalue weighted by Crippen LogP contribution is -2.31. The molecular formula is C31H36N4O2. The summed E-state index contributed by atoms with van der Waals surface area (Å²) in [6, 6.07) is 22.1. The van der Waals surface area contributed by atoms with Crippen LogP contribution in [-0.4, -0.2) is 52.8 Å². The van der Waals surface area contributed by atoms with Gasteiger partial charge in [0, 0.05) is 57.1 Å². The summed E-state index contributed by atoms with van der Waals surface area (Å²) in [5.41, 5.74) is 7.44. The average molecular weight is 497 g/mol. The van der Waals surface area contributed by atoms with Gasteiger partial charge in [-0.15, -0.1) is 0 Å². The zero-order chi connectivity index (χ0) is 26.2. The highest BCUT2D eigenvalue weighted by molar-refractivity contribution is 5.95. The molecule has 1 fully saturated rings. The summed E-state index contributed by atoms with van der Waals surface area (Å²) in [7, 11) is 0. The van der Waals surface area contributed by atoms with E-state index < -0.39 is 0 Å². The molecule has 6 nitrogen and oxygen atoms in total. The van der Waals surface area contributed by atoms with Gasteiger partial charge in [0.25, 0.3) is 5.91 Å². The Morgan fingerprint density at radius 3 is 2.00 bits per heavy atom. The smallest absolute Gasteiger partial charge is 0.253 e. The van der Waals surface area contributed by atoms with Crippen LogP contribution in [0.1, 0.15) is 60.8 Å². The molecule has 1 aliphatic rings. The maximum absolute atomic E-state index is 12.8. The van der Waals surface area contributed by atoms with Crippen molar-refractivity contribution < 1.29 is 9.59 Å². The second-order valence-electron chi connectivity index (χ2n) is 9.39. The van der Waals surface area contributed by atoms with E-state index in [-0.39, 0.29) is 11.8 Å². The third-order valence-electron chi connectivity index (χ3n) is 6.89. The average Bonchev–Trinajstić information content (AvgIpc) is 2.92. The minimum atomic E-state index is -0.0833. The van der Waals surface area contributed by atoms with Gasteiger partial charge in [-0.2, -0.15) is 0 Å². The van der Waals surface area contributed by atoms with Crippen LogP contribution in [-0.2, 0) is 11.3 Å². The normalized spacial score (nSPS) is 13.8. The van der Waals surface area contributed by atoms with Gasteiger partial charge in [-0.05, 0) is 79.8 Å². The number of amides is 2. The highest BCUT2D eigenvalue weighted by Crippen LogP contribution is 2.33. The Balaban J connectivity index is 1.62. The first-order valence-corrected chi connectivity index (χ1v) is 13.1. The van der Waals surface area contributed by atoms with Gasteiger partial charge in [0.2, 0.25) is 5.91 Å². The molecule has 0 spiro atoms. The first kappa shape index (κ1) is 26.3. The van der Waals surface area contributed by atoms with E-state index in [9.17, 15) is 9.59 Å². The lowest BCUT2D eigenvalue weighted by Gasteiger charge is -2.30. The molecule has 37 heavy (non-hydrogen) atoms. The fourth-order valence-electron chi connectivity index (χ4n) is 4.92. The van der Waals surface area contributed by atoms with Crippen molar-refractivity contribution in [3.05, 3.63) is 101 Å². The largest absolute Gasteiger partial charge is 0.339 e. The second kappa shape index (κ2) is 12.5. The highest BCUT2D eigenvalue weighted by atomic mass is 16.2. The quantitative estimate of drug-likeness (QED) is 0.440. The maximum Gasteiger partial charge on any atom is 0.253 e. The number of hydrogen-bond acceptors (Lipinski definition) is 4. The molecule has 0 aliphatic carbocycles. The van der Waals surface area contributed by atoms with E-state index in [4.69, 9.17) is 0 Å². The number of pyridine rings is 1.